The van der Waals surface area contributed by atoms with Gasteiger partial charge in [0.1, 0.15) is 17.5 Å². The summed E-state index contributed by atoms with van der Waals surface area (Å²) in [4.78, 5) is 11.1. The maximum atomic E-state index is 13.8. The molecule has 30 heavy (non-hydrogen) atoms. The number of halogens is 1. The highest BCUT2D eigenvalue weighted by Crippen LogP contribution is 2.35. The molecule has 1 aromatic carbocycles. The number of imidazole rings is 1. The Morgan fingerprint density at radius 2 is 2.07 bits per heavy atom. The smallest absolute Gasteiger partial charge is 0.154 e. The Hall–Kier alpha value is -3.48. The lowest BCUT2D eigenvalue weighted by Gasteiger charge is -2.26. The molecule has 0 amide bonds. The zero-order valence-electron chi connectivity index (χ0n) is 16.8. The fourth-order valence-electron chi connectivity index (χ4n) is 4.18. The summed E-state index contributed by atoms with van der Waals surface area (Å²) in [5.74, 6) is 1.50. The number of nitrogens with zero attached hydrogens (tertiary/aromatic N) is 5. The van der Waals surface area contributed by atoms with Gasteiger partial charge in [0.05, 0.1) is 17.9 Å². The second kappa shape index (κ2) is 7.74. The Morgan fingerprint density at radius 3 is 2.93 bits per heavy atom. The van der Waals surface area contributed by atoms with Crippen molar-refractivity contribution in [1.29, 1.82) is 0 Å². The third kappa shape index (κ3) is 3.36. The molecule has 6 nitrogen and oxygen atoms in total. The summed E-state index contributed by atoms with van der Waals surface area (Å²) in [7, 11) is 0. The molecule has 1 unspecified atom stereocenters. The molecule has 0 radical (unpaired) electrons. The monoisotopic (exact) mass is 402 g/mol. The molecule has 5 rings (SSSR count). The first-order valence-electron chi connectivity index (χ1n) is 10.3. The fraction of sp³-hybridized carbons (Fsp3) is 0.261. The number of hydrogen-bond donors (Lipinski definition) is 1. The van der Waals surface area contributed by atoms with Crippen molar-refractivity contribution in [1.82, 2.24) is 19.6 Å². The molecular weight excluding hydrogens is 379 g/mol. The maximum Gasteiger partial charge on any atom is 0.154 e. The van der Waals surface area contributed by atoms with Gasteiger partial charge in [-0.05, 0) is 61.7 Å². The molecule has 1 fully saturated rings. The van der Waals surface area contributed by atoms with Gasteiger partial charge in [0.2, 0.25) is 0 Å². The van der Waals surface area contributed by atoms with Gasteiger partial charge in [-0.1, -0.05) is 12.1 Å². The Bertz CT molecular complexity index is 1190. The summed E-state index contributed by atoms with van der Waals surface area (Å²) in [6.07, 6.45) is 5.66. The summed E-state index contributed by atoms with van der Waals surface area (Å²) < 4.78 is 15.7. The molecule has 0 bridgehead atoms. The van der Waals surface area contributed by atoms with Crippen LogP contribution in [0.5, 0.6) is 0 Å². The lowest BCUT2D eigenvalue weighted by molar-refractivity contribution is 0.617. The summed E-state index contributed by atoms with van der Waals surface area (Å²) in [6.45, 7) is 3.74. The highest BCUT2D eigenvalue weighted by atomic mass is 19.1. The van der Waals surface area contributed by atoms with Crippen LogP contribution >= 0.6 is 0 Å². The average Bonchev–Trinajstić information content (AvgIpc) is 3.41. The summed E-state index contributed by atoms with van der Waals surface area (Å²) in [5, 5.41) is 8.16. The van der Waals surface area contributed by atoms with Gasteiger partial charge in [-0.25, -0.2) is 18.9 Å². The molecule has 0 spiro atoms. The Labute approximate surface area is 174 Å². The standard InChI is InChI=1S/C23H23FN6/c1-2-25-21-14-17(10-11-26-21)20-15-27-22-8-9-23(28-30(20)22)29-12-4-7-19(29)16-5-3-6-18(24)13-16/h3,5-6,8-11,13-15,19H,2,4,7,12H2,1H3,(H,25,26). The number of anilines is 2. The van der Waals surface area contributed by atoms with Crippen LogP contribution < -0.4 is 10.2 Å². The van der Waals surface area contributed by atoms with Crippen molar-refractivity contribution in [3.8, 4) is 11.3 Å². The molecule has 4 heterocycles. The second-order valence-electron chi connectivity index (χ2n) is 7.47. The van der Waals surface area contributed by atoms with Crippen molar-refractivity contribution in [3.05, 3.63) is 72.3 Å². The summed E-state index contributed by atoms with van der Waals surface area (Å²) in [5.41, 5.74) is 3.69. The zero-order valence-corrected chi connectivity index (χ0v) is 16.8. The first kappa shape index (κ1) is 18.5. The first-order valence-corrected chi connectivity index (χ1v) is 10.3. The largest absolute Gasteiger partial charge is 0.370 e. The molecule has 1 aliphatic heterocycles. The molecule has 1 atom stereocenters. The quantitative estimate of drug-likeness (QED) is 0.524. The van der Waals surface area contributed by atoms with Crippen LogP contribution in [-0.4, -0.2) is 32.7 Å². The molecule has 0 aliphatic carbocycles. The van der Waals surface area contributed by atoms with Crippen LogP contribution in [0.25, 0.3) is 16.9 Å². The van der Waals surface area contributed by atoms with E-state index in [0.29, 0.717) is 0 Å². The molecule has 3 aromatic heterocycles. The van der Waals surface area contributed by atoms with Crippen molar-refractivity contribution in [2.24, 2.45) is 0 Å². The van der Waals surface area contributed by atoms with Crippen molar-refractivity contribution < 1.29 is 4.39 Å². The van der Waals surface area contributed by atoms with E-state index in [1.165, 1.54) is 6.07 Å². The summed E-state index contributed by atoms with van der Waals surface area (Å²) >= 11 is 0. The molecule has 1 N–H and O–H groups in total. The molecule has 4 aromatic rings. The van der Waals surface area contributed by atoms with Crippen LogP contribution in [0.2, 0.25) is 0 Å². The molecule has 1 saturated heterocycles. The predicted octanol–water partition coefficient (Wildman–Crippen LogP) is 4.70. The molecular formula is C23H23FN6. The van der Waals surface area contributed by atoms with Crippen molar-refractivity contribution >= 4 is 17.3 Å². The minimum atomic E-state index is -0.200. The van der Waals surface area contributed by atoms with E-state index in [9.17, 15) is 4.39 Å². The third-order valence-electron chi connectivity index (χ3n) is 5.54. The van der Waals surface area contributed by atoms with Gasteiger partial charge >= 0.3 is 0 Å². The fourth-order valence-corrected chi connectivity index (χ4v) is 4.18. The SMILES string of the molecule is CCNc1cc(-c2cnc3ccc(N4CCCC4c4cccc(F)c4)nn23)ccn1. The third-order valence-corrected chi connectivity index (χ3v) is 5.54. The van der Waals surface area contributed by atoms with Crippen LogP contribution in [0, 0.1) is 5.82 Å². The Balaban J connectivity index is 1.53. The van der Waals surface area contributed by atoms with Gasteiger partial charge in [0.25, 0.3) is 0 Å². The van der Waals surface area contributed by atoms with E-state index in [4.69, 9.17) is 5.10 Å². The molecule has 7 heteroatoms. The van der Waals surface area contributed by atoms with E-state index in [1.807, 2.05) is 48.0 Å². The second-order valence-corrected chi connectivity index (χ2v) is 7.47. The van der Waals surface area contributed by atoms with E-state index < -0.39 is 0 Å². The predicted molar refractivity (Wildman–Crippen MR) is 116 cm³/mol. The van der Waals surface area contributed by atoms with Crippen LogP contribution in [0.4, 0.5) is 16.0 Å². The Kier molecular flexibility index (Phi) is 4.78. The minimum Gasteiger partial charge on any atom is -0.370 e. The summed E-state index contributed by atoms with van der Waals surface area (Å²) in [6, 6.07) is 15.0. The van der Waals surface area contributed by atoms with Crippen molar-refractivity contribution in [2.75, 3.05) is 23.3 Å². The maximum absolute atomic E-state index is 13.8. The average molecular weight is 402 g/mol. The number of rotatable bonds is 5. The highest BCUT2D eigenvalue weighted by molar-refractivity contribution is 5.66. The first-order chi connectivity index (χ1) is 14.7. The number of aromatic nitrogens is 4. The van der Waals surface area contributed by atoms with E-state index in [1.54, 1.807) is 18.3 Å². The van der Waals surface area contributed by atoms with E-state index >= 15 is 0 Å². The van der Waals surface area contributed by atoms with Crippen LogP contribution in [0.1, 0.15) is 31.4 Å². The molecule has 1 aliphatic rings. The van der Waals surface area contributed by atoms with Crippen molar-refractivity contribution in [3.63, 3.8) is 0 Å². The van der Waals surface area contributed by atoms with Gasteiger partial charge in [0.15, 0.2) is 5.65 Å². The number of nitrogens with one attached hydrogen (secondary N) is 1. The van der Waals surface area contributed by atoms with Crippen molar-refractivity contribution in [2.45, 2.75) is 25.8 Å². The van der Waals surface area contributed by atoms with Crippen LogP contribution in [0.15, 0.2) is 60.9 Å². The van der Waals surface area contributed by atoms with Gasteiger partial charge in [-0.15, -0.1) is 5.10 Å². The number of pyridine rings is 1. The lowest BCUT2D eigenvalue weighted by atomic mass is 10.0. The number of hydrogen-bond acceptors (Lipinski definition) is 5. The number of fused-ring (bicyclic) bond motifs is 1. The highest BCUT2D eigenvalue weighted by Gasteiger charge is 2.28. The molecule has 0 saturated carbocycles. The zero-order chi connectivity index (χ0) is 20.5. The van der Waals surface area contributed by atoms with Gasteiger partial charge < -0.3 is 10.2 Å². The van der Waals surface area contributed by atoms with Crippen LogP contribution in [0.3, 0.4) is 0 Å². The molecule has 152 valence electrons. The Morgan fingerprint density at radius 1 is 1.13 bits per heavy atom. The van der Waals surface area contributed by atoms with Gasteiger partial charge in [-0.2, -0.15) is 0 Å². The minimum absolute atomic E-state index is 0.124. The van der Waals surface area contributed by atoms with E-state index in [2.05, 4.69) is 20.2 Å². The topological polar surface area (TPSA) is 58.4 Å². The van der Waals surface area contributed by atoms with Gasteiger partial charge in [0, 0.05) is 24.8 Å². The normalized spacial score (nSPS) is 16.3. The number of benzene rings is 1. The van der Waals surface area contributed by atoms with E-state index in [0.717, 1.165) is 60.0 Å². The lowest BCUT2D eigenvalue weighted by Crippen LogP contribution is -2.24. The van der Waals surface area contributed by atoms with Gasteiger partial charge in [-0.3, -0.25) is 0 Å². The van der Waals surface area contributed by atoms with E-state index in [-0.39, 0.29) is 11.9 Å². The van der Waals surface area contributed by atoms with Crippen LogP contribution in [-0.2, 0) is 0 Å².